The zero-order valence-corrected chi connectivity index (χ0v) is 20.5. The number of aryl methyl sites for hydroxylation is 2. The zero-order chi connectivity index (χ0) is 25.9. The highest BCUT2D eigenvalue weighted by Gasteiger charge is 2.36. The highest BCUT2D eigenvalue weighted by molar-refractivity contribution is 5.93. The highest BCUT2D eigenvalue weighted by atomic mass is 19.2. The number of anilines is 1. The second-order valence-corrected chi connectivity index (χ2v) is 9.69. The van der Waals surface area contributed by atoms with Crippen molar-refractivity contribution >= 4 is 16.7 Å². The van der Waals surface area contributed by atoms with Gasteiger partial charge in [0.05, 0.1) is 23.7 Å². The molecule has 4 heterocycles. The first-order chi connectivity index (χ1) is 16.9. The van der Waals surface area contributed by atoms with Crippen molar-refractivity contribution in [1.82, 2.24) is 24.3 Å². The first kappa shape index (κ1) is 24.0. The molecule has 0 N–H and O–H groups in total. The van der Waals surface area contributed by atoms with Crippen LogP contribution in [0, 0.1) is 24.4 Å². The summed E-state index contributed by atoms with van der Waals surface area (Å²) in [5, 5.41) is 4.42. The maximum atomic E-state index is 14.9. The maximum absolute atomic E-state index is 14.9. The van der Waals surface area contributed by atoms with E-state index in [1.807, 2.05) is 32.0 Å². The Kier molecular flexibility index (Phi) is 5.62. The first-order valence-corrected chi connectivity index (χ1v) is 11.4. The summed E-state index contributed by atoms with van der Waals surface area (Å²) >= 11 is 0. The zero-order valence-electron chi connectivity index (χ0n) is 20.5. The first-order valence-electron chi connectivity index (χ1n) is 11.4. The van der Waals surface area contributed by atoms with Crippen molar-refractivity contribution < 1.29 is 17.9 Å². The summed E-state index contributed by atoms with van der Waals surface area (Å²) in [5.41, 5.74) is -0.295. The third kappa shape index (κ3) is 4.13. The van der Waals surface area contributed by atoms with Crippen LogP contribution in [0.15, 0.2) is 35.4 Å². The van der Waals surface area contributed by atoms with Crippen LogP contribution in [-0.4, -0.2) is 43.0 Å². The molecule has 11 heteroatoms. The quantitative estimate of drug-likeness (QED) is 0.400. The molecule has 1 aromatic carbocycles. The van der Waals surface area contributed by atoms with Gasteiger partial charge in [-0.2, -0.15) is 5.10 Å². The molecule has 0 aliphatic carbocycles. The summed E-state index contributed by atoms with van der Waals surface area (Å²) in [7, 11) is 3.39. The van der Waals surface area contributed by atoms with E-state index in [9.17, 15) is 18.0 Å². The summed E-state index contributed by atoms with van der Waals surface area (Å²) in [6, 6.07) is 2.81. The predicted octanol–water partition coefficient (Wildman–Crippen LogP) is 3.81. The molecule has 0 saturated carbocycles. The molecule has 1 aliphatic heterocycles. The lowest BCUT2D eigenvalue weighted by molar-refractivity contribution is -0.0857. The Balaban J connectivity index is 1.73. The minimum Gasteiger partial charge on any atom is -0.364 e. The average Bonchev–Trinajstić information content (AvgIpc) is 3.25. The van der Waals surface area contributed by atoms with Gasteiger partial charge < -0.3 is 9.64 Å². The van der Waals surface area contributed by atoms with Gasteiger partial charge in [0.1, 0.15) is 34.8 Å². The molecular weight excluding hydrogens is 473 g/mol. The van der Waals surface area contributed by atoms with Gasteiger partial charge in [0.15, 0.2) is 11.6 Å². The molecular formula is C25H25F3N6O2. The molecule has 3 aromatic heterocycles. The fraction of sp³-hybridized carbons (Fsp3) is 0.360. The molecule has 5 rings (SSSR count). The number of nitrogens with zero attached hydrogens (tertiary/aromatic N) is 6. The number of rotatable bonds is 3. The van der Waals surface area contributed by atoms with Crippen LogP contribution in [0.4, 0.5) is 19.0 Å². The SMILES string of the molecule is Cc1nc2c(-c3cc(F)c(F)cc3F)nc(N3CC(c4cnn(C)c4)OC(C)(C)C3)cc2c(=O)n1C. The van der Waals surface area contributed by atoms with E-state index in [0.29, 0.717) is 30.8 Å². The Bertz CT molecular complexity index is 1560. The number of pyridine rings is 1. The topological polar surface area (TPSA) is 78.1 Å². The van der Waals surface area contributed by atoms with E-state index >= 15 is 0 Å². The molecule has 4 aromatic rings. The standard InChI is InChI=1S/C25H25F3N6O2/c1-13-30-23-16(24(35)33(13)5)7-21(31-22(23)15-6-18(27)19(28)8-17(15)26)34-11-20(36-25(2,3)12-34)14-9-29-32(4)10-14/h6-10,20H,11-12H2,1-5H3. The van der Waals surface area contributed by atoms with Crippen LogP contribution in [0.5, 0.6) is 0 Å². The van der Waals surface area contributed by atoms with E-state index in [1.165, 1.54) is 4.57 Å². The number of hydrogen-bond acceptors (Lipinski definition) is 6. The lowest BCUT2D eigenvalue weighted by Crippen LogP contribution is -2.50. The van der Waals surface area contributed by atoms with Crippen LogP contribution in [-0.2, 0) is 18.8 Å². The van der Waals surface area contributed by atoms with Crippen molar-refractivity contribution in [2.75, 3.05) is 18.0 Å². The van der Waals surface area contributed by atoms with Crippen LogP contribution in [0.3, 0.4) is 0 Å². The van der Waals surface area contributed by atoms with Crippen molar-refractivity contribution in [2.45, 2.75) is 32.5 Å². The molecule has 0 bridgehead atoms. The van der Waals surface area contributed by atoms with Crippen LogP contribution in [0.1, 0.15) is 31.3 Å². The van der Waals surface area contributed by atoms with Gasteiger partial charge in [-0.15, -0.1) is 0 Å². The lowest BCUT2D eigenvalue weighted by atomic mass is 10.0. The Morgan fingerprint density at radius 2 is 1.78 bits per heavy atom. The van der Waals surface area contributed by atoms with Crippen molar-refractivity contribution in [3.63, 3.8) is 0 Å². The van der Waals surface area contributed by atoms with Gasteiger partial charge in [-0.3, -0.25) is 14.0 Å². The maximum Gasteiger partial charge on any atom is 0.261 e. The molecule has 8 nitrogen and oxygen atoms in total. The summed E-state index contributed by atoms with van der Waals surface area (Å²) < 4.78 is 52.1. The third-order valence-corrected chi connectivity index (χ3v) is 6.38. The lowest BCUT2D eigenvalue weighted by Gasteiger charge is -2.43. The van der Waals surface area contributed by atoms with E-state index in [0.717, 1.165) is 11.6 Å². The Morgan fingerprint density at radius 3 is 2.47 bits per heavy atom. The molecule has 36 heavy (non-hydrogen) atoms. The fourth-order valence-corrected chi connectivity index (χ4v) is 4.56. The van der Waals surface area contributed by atoms with Gasteiger partial charge in [0, 0.05) is 44.0 Å². The van der Waals surface area contributed by atoms with Crippen LogP contribution in [0.25, 0.3) is 22.2 Å². The van der Waals surface area contributed by atoms with E-state index in [-0.39, 0.29) is 33.8 Å². The van der Waals surface area contributed by atoms with E-state index in [4.69, 9.17) is 4.74 Å². The minimum absolute atomic E-state index is 0.0399. The summed E-state index contributed by atoms with van der Waals surface area (Å²) in [5.74, 6) is -2.80. The number of benzene rings is 1. The summed E-state index contributed by atoms with van der Waals surface area (Å²) in [4.78, 5) is 24.2. The molecule has 1 atom stereocenters. The number of morpholine rings is 1. The molecule has 1 unspecified atom stereocenters. The van der Waals surface area contributed by atoms with Crippen molar-refractivity contribution in [3.05, 3.63) is 69.8 Å². The van der Waals surface area contributed by atoms with Crippen molar-refractivity contribution in [1.29, 1.82) is 0 Å². The molecule has 0 radical (unpaired) electrons. The largest absolute Gasteiger partial charge is 0.364 e. The van der Waals surface area contributed by atoms with Crippen molar-refractivity contribution in [2.24, 2.45) is 14.1 Å². The normalized spacial score (nSPS) is 17.7. The smallest absolute Gasteiger partial charge is 0.261 e. The van der Waals surface area contributed by atoms with E-state index in [1.54, 1.807) is 30.9 Å². The Morgan fingerprint density at radius 1 is 1.06 bits per heavy atom. The van der Waals surface area contributed by atoms with Gasteiger partial charge >= 0.3 is 0 Å². The van der Waals surface area contributed by atoms with Gasteiger partial charge in [-0.25, -0.2) is 23.1 Å². The Labute approximate surface area is 205 Å². The third-order valence-electron chi connectivity index (χ3n) is 6.38. The average molecular weight is 499 g/mol. The summed E-state index contributed by atoms with van der Waals surface area (Å²) in [6.07, 6.45) is 3.24. The number of ether oxygens (including phenoxy) is 1. The monoisotopic (exact) mass is 498 g/mol. The van der Waals surface area contributed by atoms with Gasteiger partial charge in [-0.05, 0) is 32.9 Å². The van der Waals surface area contributed by atoms with Crippen molar-refractivity contribution in [3.8, 4) is 11.3 Å². The van der Waals surface area contributed by atoms with Gasteiger partial charge in [0.2, 0.25) is 0 Å². The van der Waals surface area contributed by atoms with E-state index in [2.05, 4.69) is 15.1 Å². The van der Waals surface area contributed by atoms with Gasteiger partial charge in [0.25, 0.3) is 5.56 Å². The molecule has 0 spiro atoms. The number of halogens is 3. The number of fused-ring (bicyclic) bond motifs is 1. The molecule has 0 amide bonds. The number of aromatic nitrogens is 5. The van der Waals surface area contributed by atoms with E-state index < -0.39 is 23.1 Å². The number of hydrogen-bond donors (Lipinski definition) is 0. The summed E-state index contributed by atoms with van der Waals surface area (Å²) in [6.45, 7) is 6.30. The second kappa shape index (κ2) is 8.44. The minimum atomic E-state index is -1.31. The van der Waals surface area contributed by atoms with Crippen LogP contribution in [0.2, 0.25) is 0 Å². The molecule has 1 aliphatic rings. The van der Waals surface area contributed by atoms with Gasteiger partial charge in [-0.1, -0.05) is 0 Å². The Hall–Kier alpha value is -3.73. The molecule has 188 valence electrons. The molecule has 1 saturated heterocycles. The van der Waals surface area contributed by atoms with Crippen LogP contribution < -0.4 is 10.5 Å². The molecule has 1 fully saturated rings. The fourth-order valence-electron chi connectivity index (χ4n) is 4.56. The van der Waals surface area contributed by atoms with Crippen LogP contribution >= 0.6 is 0 Å². The highest BCUT2D eigenvalue weighted by Crippen LogP contribution is 2.36. The predicted molar refractivity (Wildman–Crippen MR) is 128 cm³/mol. The second-order valence-electron chi connectivity index (χ2n) is 9.69.